The van der Waals surface area contributed by atoms with Gasteiger partial charge in [0.15, 0.2) is 5.54 Å². The molecule has 0 saturated heterocycles. The molecule has 3 aromatic rings. The third-order valence-corrected chi connectivity index (χ3v) is 5.24. The van der Waals surface area contributed by atoms with E-state index >= 15 is 0 Å². The van der Waals surface area contributed by atoms with Gasteiger partial charge in [0.2, 0.25) is 0 Å². The second kappa shape index (κ2) is 7.85. The zero-order valence-electron chi connectivity index (χ0n) is 15.5. The average molecular weight is 380 g/mol. The van der Waals surface area contributed by atoms with Crippen LogP contribution in [0.5, 0.6) is 0 Å². The molecule has 0 aliphatic heterocycles. The fourth-order valence-electron chi connectivity index (χ4n) is 3.61. The number of anilines is 1. The number of likely N-dealkylation sites (N-methyl/N-ethyl adjacent to an activating group) is 1. The molecule has 0 aromatic heterocycles. The Kier molecular flexibility index (Phi) is 5.52. The van der Waals surface area contributed by atoms with Crippen molar-refractivity contribution in [2.45, 2.75) is 12.0 Å². The Labute approximate surface area is 164 Å². The first-order chi connectivity index (χ1) is 13.0. The number of hydrogen-bond acceptors (Lipinski definition) is 3. The molecule has 27 heavy (non-hydrogen) atoms. The van der Waals surface area contributed by atoms with Crippen LogP contribution in [0.2, 0.25) is 5.02 Å². The van der Waals surface area contributed by atoms with Gasteiger partial charge in [0.25, 0.3) is 0 Å². The quantitative estimate of drug-likeness (QED) is 0.414. The number of esters is 1. The van der Waals surface area contributed by atoms with Gasteiger partial charge in [-0.15, -0.1) is 6.58 Å². The fourth-order valence-corrected chi connectivity index (χ4v) is 3.73. The monoisotopic (exact) mass is 379 g/mol. The number of ether oxygens (including phenoxy) is 1. The zero-order chi connectivity index (χ0) is 19.4. The highest BCUT2D eigenvalue weighted by Crippen LogP contribution is 2.40. The molecule has 1 unspecified atom stereocenters. The van der Waals surface area contributed by atoms with Crippen LogP contribution in [0.4, 0.5) is 5.69 Å². The predicted molar refractivity (Wildman–Crippen MR) is 112 cm³/mol. The van der Waals surface area contributed by atoms with Crippen LogP contribution >= 0.6 is 11.6 Å². The summed E-state index contributed by atoms with van der Waals surface area (Å²) < 4.78 is 5.28. The molecule has 0 spiro atoms. The van der Waals surface area contributed by atoms with Crippen molar-refractivity contribution in [3.8, 4) is 0 Å². The largest absolute Gasteiger partial charge is 0.467 e. The fraction of sp³-hybridized carbons (Fsp3) is 0.174. The molecule has 0 radical (unpaired) electrons. The van der Waals surface area contributed by atoms with Crippen LogP contribution in [0.1, 0.15) is 12.0 Å². The third kappa shape index (κ3) is 3.31. The van der Waals surface area contributed by atoms with Crippen LogP contribution in [0.15, 0.2) is 79.4 Å². The average Bonchev–Trinajstić information content (AvgIpc) is 2.71. The van der Waals surface area contributed by atoms with Gasteiger partial charge >= 0.3 is 5.97 Å². The van der Waals surface area contributed by atoms with Gasteiger partial charge in [0.05, 0.1) is 7.11 Å². The summed E-state index contributed by atoms with van der Waals surface area (Å²) in [5, 5.41) is 2.72. The second-order valence-electron chi connectivity index (χ2n) is 6.41. The highest BCUT2D eigenvalue weighted by Gasteiger charge is 2.45. The smallest absolute Gasteiger partial charge is 0.336 e. The molecule has 0 heterocycles. The molecule has 0 aliphatic rings. The lowest BCUT2D eigenvalue weighted by Crippen LogP contribution is -2.51. The van der Waals surface area contributed by atoms with Gasteiger partial charge in [-0.2, -0.15) is 0 Å². The molecule has 1 atom stereocenters. The van der Waals surface area contributed by atoms with Crippen molar-refractivity contribution in [2.24, 2.45) is 0 Å². The van der Waals surface area contributed by atoms with Crippen molar-refractivity contribution >= 4 is 34.0 Å². The van der Waals surface area contributed by atoms with E-state index in [-0.39, 0.29) is 5.97 Å². The van der Waals surface area contributed by atoms with Gasteiger partial charge in [-0.1, -0.05) is 60.1 Å². The lowest BCUT2D eigenvalue weighted by Gasteiger charge is -2.41. The SMILES string of the molecule is C=CCC(C(=O)OC)(c1cccc2ccccc12)N(C)c1ccc(Cl)cc1. The van der Waals surface area contributed by atoms with E-state index in [1.807, 2.05) is 78.7 Å². The van der Waals surface area contributed by atoms with Gasteiger partial charge in [-0.3, -0.25) is 0 Å². The Morgan fingerprint density at radius 2 is 1.78 bits per heavy atom. The van der Waals surface area contributed by atoms with E-state index in [9.17, 15) is 4.79 Å². The van der Waals surface area contributed by atoms with Crippen LogP contribution in [0, 0.1) is 0 Å². The van der Waals surface area contributed by atoms with E-state index in [2.05, 4.69) is 6.58 Å². The number of halogens is 1. The van der Waals surface area contributed by atoms with Crippen LogP contribution in [-0.2, 0) is 15.1 Å². The molecule has 0 aliphatic carbocycles. The third-order valence-electron chi connectivity index (χ3n) is 4.98. The van der Waals surface area contributed by atoms with E-state index in [0.717, 1.165) is 22.0 Å². The first kappa shape index (κ1) is 19.0. The summed E-state index contributed by atoms with van der Waals surface area (Å²) in [6.07, 6.45) is 2.15. The minimum absolute atomic E-state index is 0.337. The van der Waals surface area contributed by atoms with Crippen LogP contribution < -0.4 is 4.90 Å². The molecule has 0 saturated carbocycles. The Hall–Kier alpha value is -2.78. The number of fused-ring (bicyclic) bond motifs is 1. The van der Waals surface area contributed by atoms with E-state index in [1.165, 1.54) is 7.11 Å². The molecule has 0 bridgehead atoms. The highest BCUT2D eigenvalue weighted by atomic mass is 35.5. The Morgan fingerprint density at radius 1 is 1.11 bits per heavy atom. The van der Waals surface area contributed by atoms with E-state index in [4.69, 9.17) is 16.3 Å². The van der Waals surface area contributed by atoms with E-state index in [1.54, 1.807) is 6.08 Å². The molecule has 0 N–H and O–H groups in total. The van der Waals surface area contributed by atoms with Gasteiger partial charge in [-0.25, -0.2) is 4.79 Å². The van der Waals surface area contributed by atoms with Crippen LogP contribution in [0.3, 0.4) is 0 Å². The maximum absolute atomic E-state index is 13.2. The Bertz CT molecular complexity index is 962. The van der Waals surface area contributed by atoms with E-state index < -0.39 is 5.54 Å². The summed E-state index contributed by atoms with van der Waals surface area (Å²) in [4.78, 5) is 15.2. The van der Waals surface area contributed by atoms with Crippen molar-refractivity contribution < 1.29 is 9.53 Å². The molecule has 3 nitrogen and oxygen atoms in total. The van der Waals surface area contributed by atoms with Gasteiger partial charge in [-0.05, 0) is 40.6 Å². The van der Waals surface area contributed by atoms with Crippen molar-refractivity contribution in [2.75, 3.05) is 19.1 Å². The van der Waals surface area contributed by atoms with Gasteiger partial charge in [0.1, 0.15) is 0 Å². The topological polar surface area (TPSA) is 29.5 Å². The molecule has 3 rings (SSSR count). The Balaban J connectivity index is 2.31. The number of hydrogen-bond donors (Lipinski definition) is 0. The summed E-state index contributed by atoms with van der Waals surface area (Å²) >= 11 is 6.05. The zero-order valence-corrected chi connectivity index (χ0v) is 16.2. The van der Waals surface area contributed by atoms with Crippen molar-refractivity contribution in [1.82, 2.24) is 0 Å². The van der Waals surface area contributed by atoms with Crippen molar-refractivity contribution in [3.05, 3.63) is 90.0 Å². The minimum atomic E-state index is -1.05. The van der Waals surface area contributed by atoms with E-state index in [0.29, 0.717) is 11.4 Å². The first-order valence-electron chi connectivity index (χ1n) is 8.71. The summed E-state index contributed by atoms with van der Waals surface area (Å²) in [5.74, 6) is -0.337. The lowest BCUT2D eigenvalue weighted by molar-refractivity contribution is -0.147. The number of carbonyl (C=O) groups is 1. The van der Waals surface area contributed by atoms with Crippen molar-refractivity contribution in [1.29, 1.82) is 0 Å². The summed E-state index contributed by atoms with van der Waals surface area (Å²) in [5.41, 5.74) is 0.690. The van der Waals surface area contributed by atoms with Crippen LogP contribution in [0.25, 0.3) is 10.8 Å². The minimum Gasteiger partial charge on any atom is -0.467 e. The maximum atomic E-state index is 13.2. The van der Waals surface area contributed by atoms with Gasteiger partial charge < -0.3 is 9.64 Å². The summed E-state index contributed by atoms with van der Waals surface area (Å²) in [7, 11) is 3.31. The molecule has 0 fully saturated rings. The number of methoxy groups -OCH3 is 1. The predicted octanol–water partition coefficient (Wildman–Crippen LogP) is 5.57. The molecule has 3 aromatic carbocycles. The lowest BCUT2D eigenvalue weighted by atomic mass is 9.81. The number of carbonyl (C=O) groups excluding carboxylic acids is 1. The molecule has 138 valence electrons. The number of nitrogens with zero attached hydrogens (tertiary/aromatic N) is 1. The standard InChI is InChI=1S/C23H22ClNO2/c1-4-16-23(22(26)27-3,25(2)19-14-12-18(24)13-15-19)21-11-7-9-17-8-5-6-10-20(17)21/h4-15H,1,16H2,2-3H3. The second-order valence-corrected chi connectivity index (χ2v) is 6.84. The summed E-state index contributed by atoms with van der Waals surface area (Å²) in [6.45, 7) is 3.90. The molecular formula is C23H22ClNO2. The normalized spacial score (nSPS) is 13.0. The highest BCUT2D eigenvalue weighted by molar-refractivity contribution is 6.30. The number of rotatable bonds is 6. The maximum Gasteiger partial charge on any atom is 0.336 e. The molecular weight excluding hydrogens is 358 g/mol. The molecule has 4 heteroatoms. The van der Waals surface area contributed by atoms with Crippen molar-refractivity contribution in [3.63, 3.8) is 0 Å². The Morgan fingerprint density at radius 3 is 2.44 bits per heavy atom. The molecule has 0 amide bonds. The number of benzene rings is 3. The first-order valence-corrected chi connectivity index (χ1v) is 9.09. The van der Waals surface area contributed by atoms with Crippen LogP contribution in [-0.4, -0.2) is 20.1 Å². The van der Waals surface area contributed by atoms with Gasteiger partial charge in [0, 0.05) is 24.2 Å². The summed E-state index contributed by atoms with van der Waals surface area (Å²) in [6, 6.07) is 21.4.